The standard InChI is InChI=1S/C17H21F2N6O4P/c1-3-27-30(26,28-4-2)29-17(8-24-12-20-10-22-24,9-25-13-21-11-23-25)15-6-5-14(18)7-16(15)19/h5-7,10-13H,3-4,8-9H2,1-2H3. The van der Waals surface area contributed by atoms with Crippen molar-refractivity contribution in [1.82, 2.24) is 29.5 Å². The van der Waals surface area contributed by atoms with Crippen molar-refractivity contribution < 1.29 is 26.9 Å². The van der Waals surface area contributed by atoms with E-state index in [1.807, 2.05) is 0 Å². The fraction of sp³-hybridized carbons (Fsp3) is 0.412. The van der Waals surface area contributed by atoms with Gasteiger partial charge in [0.15, 0.2) is 0 Å². The topological polar surface area (TPSA) is 106 Å². The molecule has 0 saturated carbocycles. The highest BCUT2D eigenvalue weighted by molar-refractivity contribution is 7.48. The molecule has 3 rings (SSSR count). The molecule has 1 aromatic carbocycles. The molecule has 0 bridgehead atoms. The van der Waals surface area contributed by atoms with Crippen LogP contribution < -0.4 is 0 Å². The van der Waals surface area contributed by atoms with Crippen LogP contribution in [-0.4, -0.2) is 42.7 Å². The zero-order valence-electron chi connectivity index (χ0n) is 16.4. The molecule has 0 aliphatic heterocycles. The van der Waals surface area contributed by atoms with Crippen molar-refractivity contribution in [1.29, 1.82) is 0 Å². The van der Waals surface area contributed by atoms with Crippen LogP contribution in [0, 0.1) is 11.6 Å². The maximum absolute atomic E-state index is 15.0. The number of hydrogen-bond donors (Lipinski definition) is 0. The third-order valence-corrected chi connectivity index (χ3v) is 5.77. The van der Waals surface area contributed by atoms with E-state index in [1.165, 1.54) is 40.7 Å². The van der Waals surface area contributed by atoms with Gasteiger partial charge in [-0.3, -0.25) is 13.6 Å². The minimum absolute atomic E-state index is 0.0198. The molecule has 162 valence electrons. The summed E-state index contributed by atoms with van der Waals surface area (Å²) in [4.78, 5) is 7.76. The van der Waals surface area contributed by atoms with Gasteiger partial charge in [-0.05, 0) is 19.9 Å². The van der Waals surface area contributed by atoms with Crippen molar-refractivity contribution >= 4 is 7.82 Å². The first-order chi connectivity index (χ1) is 14.4. The Balaban J connectivity index is 2.17. The first kappa shape index (κ1) is 22.2. The Labute approximate surface area is 171 Å². The Hall–Kier alpha value is -2.53. The number of phosphoric ester groups is 1. The van der Waals surface area contributed by atoms with Gasteiger partial charge in [0.05, 0.1) is 26.3 Å². The van der Waals surface area contributed by atoms with Crippen LogP contribution in [0.25, 0.3) is 0 Å². The lowest BCUT2D eigenvalue weighted by atomic mass is 9.93. The van der Waals surface area contributed by atoms with Crippen LogP contribution in [0.5, 0.6) is 0 Å². The monoisotopic (exact) mass is 442 g/mol. The van der Waals surface area contributed by atoms with Gasteiger partial charge in [-0.15, -0.1) is 0 Å². The summed E-state index contributed by atoms with van der Waals surface area (Å²) in [6.07, 6.45) is 5.33. The van der Waals surface area contributed by atoms with Crippen molar-refractivity contribution in [3.63, 3.8) is 0 Å². The fourth-order valence-electron chi connectivity index (χ4n) is 2.96. The zero-order valence-corrected chi connectivity index (χ0v) is 17.3. The van der Waals surface area contributed by atoms with Gasteiger partial charge in [0, 0.05) is 11.6 Å². The molecule has 10 nitrogen and oxygen atoms in total. The van der Waals surface area contributed by atoms with E-state index in [4.69, 9.17) is 13.6 Å². The molecule has 3 aromatic rings. The average molecular weight is 442 g/mol. The van der Waals surface area contributed by atoms with Gasteiger partial charge in [0.1, 0.15) is 42.5 Å². The SMILES string of the molecule is CCOP(=O)(OCC)OC(Cn1cncn1)(Cn1cncn1)c1ccc(F)cc1F. The maximum Gasteiger partial charge on any atom is 0.475 e. The quantitative estimate of drug-likeness (QED) is 0.418. The van der Waals surface area contributed by atoms with E-state index >= 15 is 0 Å². The van der Waals surface area contributed by atoms with Gasteiger partial charge in [0.2, 0.25) is 0 Å². The Morgan fingerprint density at radius 1 is 1.00 bits per heavy atom. The molecule has 0 aliphatic rings. The summed E-state index contributed by atoms with van der Waals surface area (Å²) in [5.41, 5.74) is -1.81. The van der Waals surface area contributed by atoms with Crippen molar-refractivity contribution in [3.05, 3.63) is 60.7 Å². The molecule has 2 aromatic heterocycles. The smallest absolute Gasteiger partial charge is 0.287 e. The van der Waals surface area contributed by atoms with Crippen LogP contribution in [0.2, 0.25) is 0 Å². The van der Waals surface area contributed by atoms with Crippen molar-refractivity contribution in [3.8, 4) is 0 Å². The molecule has 0 radical (unpaired) electrons. The van der Waals surface area contributed by atoms with Gasteiger partial charge in [-0.25, -0.2) is 32.7 Å². The average Bonchev–Trinajstić information content (AvgIpc) is 3.36. The number of benzene rings is 1. The van der Waals surface area contributed by atoms with Crippen LogP contribution in [0.3, 0.4) is 0 Å². The fourth-order valence-corrected chi connectivity index (χ4v) is 4.41. The van der Waals surface area contributed by atoms with Gasteiger partial charge >= 0.3 is 7.82 Å². The van der Waals surface area contributed by atoms with Gasteiger partial charge in [-0.1, -0.05) is 6.07 Å². The molecular formula is C17H21F2N6O4P. The van der Waals surface area contributed by atoms with E-state index in [0.717, 1.165) is 6.07 Å². The Morgan fingerprint density at radius 3 is 2.00 bits per heavy atom. The summed E-state index contributed by atoms with van der Waals surface area (Å²) in [6.45, 7) is 2.96. The molecule has 30 heavy (non-hydrogen) atoms. The zero-order chi connectivity index (χ0) is 21.6. The van der Waals surface area contributed by atoms with Crippen LogP contribution in [0.4, 0.5) is 8.78 Å². The third-order valence-electron chi connectivity index (χ3n) is 4.05. The molecule has 0 unspecified atom stereocenters. The summed E-state index contributed by atoms with van der Waals surface area (Å²) in [7, 11) is -4.16. The number of rotatable bonds is 11. The second-order valence-corrected chi connectivity index (χ2v) is 7.77. The summed E-state index contributed by atoms with van der Waals surface area (Å²) < 4.78 is 61.1. The second kappa shape index (κ2) is 9.52. The largest absolute Gasteiger partial charge is 0.475 e. The van der Waals surface area contributed by atoms with Crippen molar-refractivity contribution in [2.45, 2.75) is 32.5 Å². The van der Waals surface area contributed by atoms with E-state index in [0.29, 0.717) is 6.07 Å². The summed E-state index contributed by atoms with van der Waals surface area (Å²) in [6, 6.07) is 2.99. The molecular weight excluding hydrogens is 421 g/mol. The molecule has 0 amide bonds. The second-order valence-electron chi connectivity index (χ2n) is 6.18. The predicted molar refractivity (Wildman–Crippen MR) is 100 cm³/mol. The molecule has 0 fully saturated rings. The minimum atomic E-state index is -4.16. The van der Waals surface area contributed by atoms with Crippen LogP contribution in [-0.2, 0) is 36.8 Å². The van der Waals surface area contributed by atoms with Crippen molar-refractivity contribution in [2.24, 2.45) is 0 Å². The molecule has 0 spiro atoms. The molecule has 0 N–H and O–H groups in total. The predicted octanol–water partition coefficient (Wildman–Crippen LogP) is 2.94. The lowest BCUT2D eigenvalue weighted by Crippen LogP contribution is -2.40. The van der Waals surface area contributed by atoms with E-state index in [9.17, 15) is 13.3 Å². The number of halogens is 2. The summed E-state index contributed by atoms with van der Waals surface area (Å²) in [5, 5.41) is 8.07. The first-order valence-corrected chi connectivity index (χ1v) is 10.6. The molecule has 13 heteroatoms. The lowest BCUT2D eigenvalue weighted by Gasteiger charge is -2.36. The molecule has 0 aliphatic carbocycles. The molecule has 0 saturated heterocycles. The normalized spacial score (nSPS) is 12.4. The molecule has 0 atom stereocenters. The summed E-state index contributed by atoms with van der Waals surface area (Å²) >= 11 is 0. The number of aromatic nitrogens is 6. The van der Waals surface area contributed by atoms with Crippen LogP contribution in [0.1, 0.15) is 19.4 Å². The Bertz CT molecular complexity index is 940. The van der Waals surface area contributed by atoms with Gasteiger partial charge < -0.3 is 0 Å². The number of hydrogen-bond acceptors (Lipinski definition) is 8. The third kappa shape index (κ3) is 5.14. The van der Waals surface area contributed by atoms with E-state index in [1.54, 1.807) is 13.8 Å². The maximum atomic E-state index is 15.0. The van der Waals surface area contributed by atoms with Crippen LogP contribution in [0.15, 0.2) is 43.5 Å². The van der Waals surface area contributed by atoms with E-state index in [2.05, 4.69) is 20.2 Å². The summed E-state index contributed by atoms with van der Waals surface area (Å²) in [5.74, 6) is -1.68. The first-order valence-electron chi connectivity index (χ1n) is 9.10. The number of nitrogens with zero attached hydrogens (tertiary/aromatic N) is 6. The van der Waals surface area contributed by atoms with Gasteiger partial charge in [-0.2, -0.15) is 10.2 Å². The highest BCUT2D eigenvalue weighted by Gasteiger charge is 2.46. The highest BCUT2D eigenvalue weighted by atomic mass is 31.2. The van der Waals surface area contributed by atoms with Crippen LogP contribution >= 0.6 is 7.82 Å². The van der Waals surface area contributed by atoms with E-state index < -0.39 is 25.1 Å². The van der Waals surface area contributed by atoms with Crippen molar-refractivity contribution in [2.75, 3.05) is 13.2 Å². The highest BCUT2D eigenvalue weighted by Crippen LogP contribution is 2.55. The Morgan fingerprint density at radius 2 is 1.57 bits per heavy atom. The lowest BCUT2D eigenvalue weighted by molar-refractivity contribution is -0.0240. The molecule has 2 heterocycles. The van der Waals surface area contributed by atoms with E-state index in [-0.39, 0.29) is 31.9 Å². The van der Waals surface area contributed by atoms with Gasteiger partial charge in [0.25, 0.3) is 0 Å². The number of phosphoric acid groups is 1. The minimum Gasteiger partial charge on any atom is -0.287 e. The Kier molecular flexibility index (Phi) is 7.03.